The summed E-state index contributed by atoms with van der Waals surface area (Å²) >= 11 is 21.9. The Labute approximate surface area is 604 Å². The highest BCUT2D eigenvalue weighted by Crippen LogP contribution is 2.71. The summed E-state index contributed by atoms with van der Waals surface area (Å²) in [5, 5.41) is 68.0. The van der Waals surface area contributed by atoms with Crippen LogP contribution in [0.25, 0.3) is 9.69 Å². The van der Waals surface area contributed by atoms with E-state index in [2.05, 4.69) is 54.7 Å². The van der Waals surface area contributed by atoms with Crippen molar-refractivity contribution in [2.24, 2.45) is 0 Å². The van der Waals surface area contributed by atoms with E-state index >= 15 is 0 Å². The molecule has 23 nitrogen and oxygen atoms in total. The van der Waals surface area contributed by atoms with Gasteiger partial charge in [-0.1, -0.05) is 202 Å². The van der Waals surface area contributed by atoms with Crippen LogP contribution >= 0.6 is 50.7 Å². The van der Waals surface area contributed by atoms with Gasteiger partial charge in [0, 0.05) is 41.3 Å². The average Bonchev–Trinajstić information content (AvgIpc) is 1.51. The third kappa shape index (κ3) is 10.5. The van der Waals surface area contributed by atoms with Gasteiger partial charge in [-0.2, -0.15) is 0 Å². The number of benzene rings is 6. The summed E-state index contributed by atoms with van der Waals surface area (Å²) < 4.78 is 107. The van der Waals surface area contributed by atoms with Gasteiger partial charge in [-0.25, -0.2) is 49.1 Å². The molecule has 15 rings (SSSR count). The Morgan fingerprint density at radius 2 is 0.673 bits per heavy atom. The molecule has 3 aliphatic heterocycles. The highest BCUT2D eigenvalue weighted by atomic mass is 79.9. The van der Waals surface area contributed by atoms with Gasteiger partial charge < -0.3 is 44.8 Å². The van der Waals surface area contributed by atoms with Crippen molar-refractivity contribution in [3.8, 4) is 17.2 Å². The molecular formula is C71H60BrCl3N8O15S3. The van der Waals surface area contributed by atoms with Gasteiger partial charge in [-0.15, -0.1) is 0 Å². The van der Waals surface area contributed by atoms with E-state index in [1.807, 2.05) is 0 Å². The fourth-order valence-corrected chi connectivity index (χ4v) is 21.2. The Balaban J connectivity index is 0.000000135. The van der Waals surface area contributed by atoms with Crippen LogP contribution in [0.5, 0.6) is 17.2 Å². The standard InChI is InChI=1S/2C24H20ClN3O5S.C23H20BrClN2O5S/c2*1-26-17-10-8-15(9-11-17)24-19(14-6-4-3-5-7-14)20(34(31,32)27-2)22(29)23(24,30)21-18(33-24)12-16(25)13-28-21;1-26-33(30,31)19-18(13-5-3-2-4-6-13)23(14-7-9-15(24)10-8-14)22(29,21(19)28)20-17(32-23)11-16(25)12-27-20/h2*3-13,19-20,22,27,29-30H,2H3;2-12,18-19,21,26,28-29H,1H3/t2*19-,20-,22-,23+,24+;18-,19-,21-,22+,23+/m111/s1. The number of pyridine rings is 3. The number of sulfonamides is 3. The lowest BCUT2D eigenvalue weighted by atomic mass is 9.72. The number of hydrogen-bond donors (Lipinski definition) is 9. The minimum absolute atomic E-state index is 0.00612. The third-order valence-electron chi connectivity index (χ3n) is 20.1. The zero-order valence-electron chi connectivity index (χ0n) is 53.1. The maximum atomic E-state index is 13.3. The molecule has 0 saturated heterocycles. The predicted octanol–water partition coefficient (Wildman–Crippen LogP) is 8.72. The Bertz CT molecular complexity index is 4950. The summed E-state index contributed by atoms with van der Waals surface area (Å²) in [6, 6.07) is 50.4. The first-order valence-corrected chi connectivity index (χ1v) is 37.5. The van der Waals surface area contributed by atoms with Crippen LogP contribution in [0.4, 0.5) is 11.4 Å². The molecule has 0 radical (unpaired) electrons. The van der Waals surface area contributed by atoms with Crippen LogP contribution in [-0.2, 0) is 63.7 Å². The number of nitrogens with zero attached hydrogens (tertiary/aromatic N) is 5. The van der Waals surface area contributed by atoms with Crippen LogP contribution in [0.1, 0.15) is 68.2 Å². The molecule has 6 heterocycles. The number of halogens is 4. The zero-order valence-corrected chi connectivity index (χ0v) is 59.4. The Hall–Kier alpha value is -8.01. The lowest BCUT2D eigenvalue weighted by Crippen LogP contribution is -2.52. The van der Waals surface area contributed by atoms with Gasteiger partial charge in [0.05, 0.1) is 46.0 Å². The normalized spacial score (nSPS) is 30.0. The van der Waals surface area contributed by atoms with Crippen LogP contribution in [0, 0.1) is 13.1 Å². The van der Waals surface area contributed by atoms with Gasteiger partial charge >= 0.3 is 0 Å². The summed E-state index contributed by atoms with van der Waals surface area (Å²) in [5.74, 6) is -2.64. The molecular weight excluding hydrogens is 1490 g/mol. The summed E-state index contributed by atoms with van der Waals surface area (Å²) in [7, 11) is -8.57. The van der Waals surface area contributed by atoms with Crippen LogP contribution in [-0.4, -0.2) is 126 Å². The highest BCUT2D eigenvalue weighted by Gasteiger charge is 2.82. The van der Waals surface area contributed by atoms with Crippen LogP contribution in [0.15, 0.2) is 205 Å². The molecule has 15 atom stereocenters. The first-order valence-electron chi connectivity index (χ1n) is 31.0. The largest absolute Gasteiger partial charge is 0.476 e. The second-order valence-electron chi connectivity index (χ2n) is 24.8. The summed E-state index contributed by atoms with van der Waals surface area (Å²) in [6.07, 6.45) is -1.44. The Morgan fingerprint density at radius 1 is 0.426 bits per heavy atom. The SMILES string of the molecule is CNS(=O)(=O)[C@H]1[C@@H](O)[C@@]2(O)c3ncc(Cl)cc3O[C@@]2(c2ccc(Br)cc2)[C@@H]1c1ccccc1.[C-]#[N+]c1ccc([C@@]23Oc4cc(Cl)cnc4[C@]2(O)[C@H](O)[C@H](S(=O)(=O)NC)[C@H]3c2ccccc2)cc1.[C-]#[N+]c1ccc([C@@]23Oc4cc(Cl)cnc4[C@]2(O)[C@H](O)[C@H](S(=O)(=O)NC)[C@H]3c2ccccc2)cc1. The minimum atomic E-state index is -4.14. The molecule has 9 aromatic rings. The summed E-state index contributed by atoms with van der Waals surface area (Å²) in [4.78, 5) is 19.6. The number of hydrogen-bond acceptors (Lipinski definition) is 18. The van der Waals surface area contributed by atoms with Crippen molar-refractivity contribution in [1.29, 1.82) is 0 Å². The lowest BCUT2D eigenvalue weighted by molar-refractivity contribution is -0.150. The van der Waals surface area contributed by atoms with Gasteiger partial charge in [0.1, 0.15) is 68.4 Å². The van der Waals surface area contributed by atoms with Crippen LogP contribution < -0.4 is 28.4 Å². The van der Waals surface area contributed by atoms with Gasteiger partial charge in [-0.3, -0.25) is 15.0 Å². The monoisotopic (exact) mass is 1540 g/mol. The van der Waals surface area contributed by atoms with E-state index < -0.39 is 115 Å². The van der Waals surface area contributed by atoms with Crippen molar-refractivity contribution >= 4 is 92.2 Å². The predicted molar refractivity (Wildman–Crippen MR) is 377 cm³/mol. The molecule has 3 aromatic heterocycles. The van der Waals surface area contributed by atoms with Crippen molar-refractivity contribution in [3.05, 3.63) is 293 Å². The van der Waals surface area contributed by atoms with E-state index in [-0.39, 0.29) is 49.4 Å². The second kappa shape index (κ2) is 26.0. The average molecular weight is 1550 g/mol. The van der Waals surface area contributed by atoms with Crippen molar-refractivity contribution in [2.75, 3.05) is 21.1 Å². The summed E-state index contributed by atoms with van der Waals surface area (Å²) in [5.41, 5.74) is -8.31. The molecule has 6 aliphatic rings. The van der Waals surface area contributed by atoms with Gasteiger partial charge in [0.25, 0.3) is 0 Å². The molecule has 0 unspecified atom stereocenters. The second-order valence-corrected chi connectivity index (χ2v) is 33.1. The van der Waals surface area contributed by atoms with Crippen molar-refractivity contribution in [1.82, 2.24) is 29.1 Å². The van der Waals surface area contributed by atoms with Gasteiger partial charge in [-0.05, 0) is 66.7 Å². The van der Waals surface area contributed by atoms with E-state index in [0.717, 1.165) is 4.47 Å². The lowest BCUT2D eigenvalue weighted by Gasteiger charge is -2.40. The number of nitrogens with one attached hydrogen (secondary N) is 3. The fraction of sp³-hybridized carbons (Fsp3) is 0.254. The highest BCUT2D eigenvalue weighted by molar-refractivity contribution is 9.10. The summed E-state index contributed by atoms with van der Waals surface area (Å²) in [6.45, 7) is 14.5. The zero-order chi connectivity index (χ0) is 72.2. The molecule has 3 fully saturated rings. The molecule has 0 spiro atoms. The van der Waals surface area contributed by atoms with E-state index in [1.165, 1.54) is 57.9 Å². The molecule has 9 N–H and O–H groups in total. The molecule has 101 heavy (non-hydrogen) atoms. The number of aliphatic hydroxyl groups excluding tert-OH is 3. The quantitative estimate of drug-likeness (QED) is 0.0516. The minimum Gasteiger partial charge on any atom is -0.476 e. The van der Waals surface area contributed by atoms with Crippen LogP contribution in [0.2, 0.25) is 15.1 Å². The van der Waals surface area contributed by atoms with Crippen molar-refractivity contribution in [2.45, 2.75) is 85.4 Å². The number of fused-ring (bicyclic) bond motifs is 9. The Kier molecular flexibility index (Phi) is 18.4. The smallest absolute Gasteiger partial charge is 0.217 e. The van der Waals surface area contributed by atoms with Gasteiger partial charge in [0.2, 0.25) is 30.1 Å². The van der Waals surface area contributed by atoms with E-state index in [4.69, 9.17) is 62.2 Å². The van der Waals surface area contributed by atoms with E-state index in [0.29, 0.717) is 44.8 Å². The molecule has 3 saturated carbocycles. The maximum Gasteiger partial charge on any atom is 0.217 e. The van der Waals surface area contributed by atoms with Crippen molar-refractivity contribution in [3.63, 3.8) is 0 Å². The molecule has 0 amide bonds. The molecule has 6 aromatic carbocycles. The first kappa shape index (κ1) is 71.4. The van der Waals surface area contributed by atoms with Crippen molar-refractivity contribution < 1.29 is 70.1 Å². The van der Waals surface area contributed by atoms with E-state index in [9.17, 15) is 55.9 Å². The molecule has 0 bridgehead atoms. The topological polar surface area (TPSA) is 335 Å². The van der Waals surface area contributed by atoms with E-state index in [1.54, 1.807) is 164 Å². The number of aliphatic hydroxyl groups is 6. The maximum absolute atomic E-state index is 13.3. The molecule has 30 heteroatoms. The first-order chi connectivity index (χ1) is 48.1. The number of rotatable bonds is 12. The molecule has 3 aliphatic carbocycles. The third-order valence-corrected chi connectivity index (χ3v) is 26.7. The number of aromatic nitrogens is 3. The number of ether oxygens (including phenoxy) is 3. The van der Waals surface area contributed by atoms with Gasteiger partial charge in [0.15, 0.2) is 45.0 Å². The van der Waals surface area contributed by atoms with Crippen LogP contribution in [0.3, 0.4) is 0 Å². The fourth-order valence-electron chi connectivity index (χ4n) is 15.9. The Morgan fingerprint density at radius 3 is 0.911 bits per heavy atom. The molecule has 520 valence electrons.